The minimum absolute atomic E-state index is 0.00287. The second-order valence-corrected chi connectivity index (χ2v) is 6.70. The third-order valence-corrected chi connectivity index (χ3v) is 3.92. The van der Waals surface area contributed by atoms with Crippen molar-refractivity contribution in [2.45, 2.75) is 40.0 Å². The minimum atomic E-state index is -1.03. The van der Waals surface area contributed by atoms with Gasteiger partial charge in [0.25, 0.3) is 0 Å². The van der Waals surface area contributed by atoms with Crippen LogP contribution in [0, 0.1) is 5.92 Å². The van der Waals surface area contributed by atoms with Crippen molar-refractivity contribution in [1.29, 1.82) is 0 Å². The molecule has 2 N–H and O–H groups in total. The van der Waals surface area contributed by atoms with Crippen LogP contribution in [-0.2, 0) is 20.8 Å². The van der Waals surface area contributed by atoms with Crippen molar-refractivity contribution in [2.24, 2.45) is 5.92 Å². The molecule has 1 aromatic carbocycles. The third-order valence-electron chi connectivity index (χ3n) is 3.17. The number of carboxylic acid groups (broad SMARTS) is 1. The normalized spacial score (nSPS) is 11.2. The Bertz CT molecular complexity index is 526. The number of thioether (sulfide) groups is 1. The van der Waals surface area contributed by atoms with Crippen molar-refractivity contribution in [2.75, 3.05) is 12.8 Å². The molecule has 0 aliphatic carbocycles. The number of carbonyl (C=O) groups excluding carboxylic acids is 2. The summed E-state index contributed by atoms with van der Waals surface area (Å²) in [6.45, 7) is 7.37. The number of carboxylic acids is 1. The highest BCUT2D eigenvalue weighted by Gasteiger charge is 2.13. The summed E-state index contributed by atoms with van der Waals surface area (Å²) in [6.07, 6.45) is 2.94. The molecule has 0 heterocycles. The molecule has 134 valence electrons. The zero-order valence-electron chi connectivity index (χ0n) is 15.0. The molecule has 1 rings (SSSR count). The molecular formula is C18H27NO4S. The summed E-state index contributed by atoms with van der Waals surface area (Å²) < 4.78 is 0. The number of amides is 1. The van der Waals surface area contributed by atoms with Gasteiger partial charge in [0.05, 0.1) is 5.92 Å². The summed E-state index contributed by atoms with van der Waals surface area (Å²) in [4.78, 5) is 31.2. The lowest BCUT2D eigenvalue weighted by atomic mass is 9.97. The highest BCUT2D eigenvalue weighted by Crippen LogP contribution is 2.21. The summed E-state index contributed by atoms with van der Waals surface area (Å²) in [6, 6.07) is 8.44. The maximum atomic E-state index is 11.5. The molecule has 0 radical (unpaired) electrons. The maximum Gasteiger partial charge on any atom is 0.322 e. The summed E-state index contributed by atoms with van der Waals surface area (Å²) in [5, 5.41) is 10.3. The van der Waals surface area contributed by atoms with Crippen molar-refractivity contribution in [3.63, 3.8) is 0 Å². The van der Waals surface area contributed by atoms with Crippen LogP contribution in [0.5, 0.6) is 0 Å². The molecule has 1 aromatic rings. The van der Waals surface area contributed by atoms with Crippen LogP contribution >= 0.6 is 11.8 Å². The summed E-state index contributed by atoms with van der Waals surface area (Å²) >= 11 is 1.30. The summed E-state index contributed by atoms with van der Waals surface area (Å²) in [5.74, 6) is -0.674. The SMILES string of the molecule is CC(=O)NCC(=O)O.CSC(=O)[C@H](C)c1ccc(CC(C)C)cc1. The molecule has 1 atom stereocenters. The maximum absolute atomic E-state index is 11.5. The Hall–Kier alpha value is -1.82. The Morgan fingerprint density at radius 2 is 1.67 bits per heavy atom. The van der Waals surface area contributed by atoms with Gasteiger partial charge in [-0.1, -0.05) is 56.8 Å². The predicted octanol–water partition coefficient (Wildman–Crippen LogP) is 3.09. The Kier molecular flexibility index (Phi) is 10.8. The quantitative estimate of drug-likeness (QED) is 0.821. The Labute approximate surface area is 148 Å². The first-order valence-corrected chi connectivity index (χ1v) is 9.02. The van der Waals surface area contributed by atoms with Gasteiger partial charge in [0, 0.05) is 6.92 Å². The van der Waals surface area contributed by atoms with Crippen molar-refractivity contribution in [3.05, 3.63) is 35.4 Å². The molecule has 0 aromatic heterocycles. The van der Waals surface area contributed by atoms with E-state index in [1.165, 1.54) is 24.2 Å². The molecule has 0 saturated carbocycles. The van der Waals surface area contributed by atoms with E-state index in [1.807, 2.05) is 13.2 Å². The highest BCUT2D eigenvalue weighted by molar-refractivity contribution is 8.13. The van der Waals surface area contributed by atoms with E-state index in [9.17, 15) is 14.4 Å². The first kappa shape index (κ1) is 22.2. The van der Waals surface area contributed by atoms with E-state index < -0.39 is 5.97 Å². The standard InChI is InChI=1S/C14H20OS.C4H7NO3/c1-10(2)9-12-5-7-13(8-6-12)11(3)14(15)16-4;1-3(6)5-2-4(7)8/h5-8,10-11H,9H2,1-4H3;2H2,1H3,(H,5,6)(H,7,8)/t11-;/m1./s1. The van der Waals surface area contributed by atoms with Gasteiger partial charge in [-0.25, -0.2) is 0 Å². The van der Waals surface area contributed by atoms with E-state index in [1.54, 1.807) is 0 Å². The van der Waals surface area contributed by atoms with Gasteiger partial charge < -0.3 is 10.4 Å². The van der Waals surface area contributed by atoms with E-state index in [0.29, 0.717) is 5.92 Å². The number of nitrogens with one attached hydrogen (secondary N) is 1. The number of carbonyl (C=O) groups is 3. The first-order valence-electron chi connectivity index (χ1n) is 7.80. The topological polar surface area (TPSA) is 83.5 Å². The molecule has 1 amide bonds. The third kappa shape index (κ3) is 10.0. The molecule has 0 bridgehead atoms. The van der Waals surface area contributed by atoms with Crippen molar-refractivity contribution < 1.29 is 19.5 Å². The Morgan fingerprint density at radius 3 is 2.00 bits per heavy atom. The van der Waals surface area contributed by atoms with Gasteiger partial charge in [0.2, 0.25) is 5.91 Å². The predicted molar refractivity (Wildman–Crippen MR) is 98.2 cm³/mol. The van der Waals surface area contributed by atoms with E-state index in [2.05, 4.69) is 43.4 Å². The van der Waals surface area contributed by atoms with Crippen LogP contribution < -0.4 is 5.32 Å². The van der Waals surface area contributed by atoms with Gasteiger partial charge in [-0.3, -0.25) is 14.4 Å². The van der Waals surface area contributed by atoms with E-state index in [4.69, 9.17) is 5.11 Å². The van der Waals surface area contributed by atoms with Crippen LogP contribution in [0.1, 0.15) is 44.7 Å². The zero-order valence-corrected chi connectivity index (χ0v) is 15.8. The van der Waals surface area contributed by atoms with Crippen molar-refractivity contribution in [3.8, 4) is 0 Å². The smallest absolute Gasteiger partial charge is 0.322 e. The highest BCUT2D eigenvalue weighted by atomic mass is 32.2. The van der Waals surface area contributed by atoms with Crippen LogP contribution in [0.25, 0.3) is 0 Å². The Balaban J connectivity index is 0.000000561. The lowest BCUT2D eigenvalue weighted by Crippen LogP contribution is -2.26. The molecule has 5 nitrogen and oxygen atoms in total. The van der Waals surface area contributed by atoms with E-state index >= 15 is 0 Å². The summed E-state index contributed by atoms with van der Waals surface area (Å²) in [7, 11) is 0. The van der Waals surface area contributed by atoms with Crippen LogP contribution in [-0.4, -0.2) is 34.9 Å². The first-order chi connectivity index (χ1) is 11.2. The molecule has 0 saturated heterocycles. The minimum Gasteiger partial charge on any atom is -0.480 e. The molecule has 0 fully saturated rings. The lowest BCUT2D eigenvalue weighted by Gasteiger charge is -2.10. The van der Waals surface area contributed by atoms with E-state index in [-0.39, 0.29) is 23.5 Å². The molecule has 0 spiro atoms. The fourth-order valence-corrected chi connectivity index (χ4v) is 2.42. The van der Waals surface area contributed by atoms with E-state index in [0.717, 1.165) is 12.0 Å². The van der Waals surface area contributed by atoms with Crippen LogP contribution in [0.3, 0.4) is 0 Å². The second kappa shape index (κ2) is 11.7. The van der Waals surface area contributed by atoms with Gasteiger partial charge >= 0.3 is 5.97 Å². The van der Waals surface area contributed by atoms with Crippen LogP contribution in [0.4, 0.5) is 0 Å². The number of aliphatic carboxylic acids is 1. The largest absolute Gasteiger partial charge is 0.480 e. The van der Waals surface area contributed by atoms with Gasteiger partial charge in [-0.05, 0) is 29.7 Å². The zero-order chi connectivity index (χ0) is 18.7. The van der Waals surface area contributed by atoms with Gasteiger partial charge in [0.15, 0.2) is 5.12 Å². The monoisotopic (exact) mass is 353 g/mol. The summed E-state index contributed by atoms with van der Waals surface area (Å²) in [5.41, 5.74) is 2.47. The molecule has 0 aliphatic rings. The molecule has 24 heavy (non-hydrogen) atoms. The number of hydrogen-bond acceptors (Lipinski definition) is 4. The number of rotatable bonds is 6. The van der Waals surface area contributed by atoms with Gasteiger partial charge in [0.1, 0.15) is 6.54 Å². The fourth-order valence-electron chi connectivity index (χ4n) is 1.93. The average molecular weight is 353 g/mol. The lowest BCUT2D eigenvalue weighted by molar-refractivity contribution is -0.137. The van der Waals surface area contributed by atoms with Crippen LogP contribution in [0.2, 0.25) is 0 Å². The molecular weight excluding hydrogens is 326 g/mol. The van der Waals surface area contributed by atoms with Crippen molar-refractivity contribution >= 4 is 28.8 Å². The van der Waals surface area contributed by atoms with Gasteiger partial charge in [-0.2, -0.15) is 0 Å². The number of hydrogen-bond donors (Lipinski definition) is 2. The molecule has 0 aliphatic heterocycles. The van der Waals surface area contributed by atoms with Crippen LogP contribution in [0.15, 0.2) is 24.3 Å². The second-order valence-electron chi connectivity index (χ2n) is 5.89. The van der Waals surface area contributed by atoms with Crippen molar-refractivity contribution in [1.82, 2.24) is 5.32 Å². The average Bonchev–Trinajstić information content (AvgIpc) is 2.52. The fraction of sp³-hybridized carbons (Fsp3) is 0.500. The molecule has 0 unspecified atom stereocenters. The number of benzene rings is 1. The Morgan fingerprint density at radius 1 is 1.12 bits per heavy atom. The van der Waals surface area contributed by atoms with Gasteiger partial charge in [-0.15, -0.1) is 0 Å². The molecule has 6 heteroatoms.